The molecule has 0 saturated carbocycles. The van der Waals surface area contributed by atoms with Gasteiger partial charge in [0.05, 0.1) is 29.2 Å². The molecular weight excluding hydrogens is 458 g/mol. The summed E-state index contributed by atoms with van der Waals surface area (Å²) in [6.07, 6.45) is 3.34. The minimum Gasteiger partial charge on any atom is -0.492 e. The first-order valence-corrected chi connectivity index (χ1v) is 13.4. The van der Waals surface area contributed by atoms with Crippen molar-refractivity contribution in [3.8, 4) is 24.0 Å². The maximum atomic E-state index is 10.1. The minimum absolute atomic E-state index is 0.246. The Labute approximate surface area is 223 Å². The van der Waals surface area contributed by atoms with Crippen LogP contribution in [0.2, 0.25) is 0 Å². The second-order valence-electron chi connectivity index (χ2n) is 9.73. The van der Waals surface area contributed by atoms with E-state index in [1.54, 1.807) is 12.1 Å². The van der Waals surface area contributed by atoms with Gasteiger partial charge in [-0.3, -0.25) is 4.90 Å². The van der Waals surface area contributed by atoms with E-state index in [1.165, 1.54) is 0 Å². The molecule has 0 N–H and O–H groups in total. The summed E-state index contributed by atoms with van der Waals surface area (Å²) in [5.74, 6) is 0.997. The van der Waals surface area contributed by atoms with Gasteiger partial charge in [0.1, 0.15) is 12.4 Å². The first-order valence-electron chi connectivity index (χ1n) is 13.4. The van der Waals surface area contributed by atoms with E-state index < -0.39 is 5.41 Å². The number of ether oxygens (including phenoxy) is 1. The molecule has 196 valence electrons. The molecule has 1 atom stereocenters. The summed E-state index contributed by atoms with van der Waals surface area (Å²) < 4.78 is 5.85. The van der Waals surface area contributed by atoms with E-state index in [1.807, 2.05) is 30.3 Å². The fraction of sp³-hybridized carbons (Fsp3) is 0.516. The maximum absolute atomic E-state index is 10.1. The SMILES string of the molecule is CCN(CCCN(CCC#N)CCOc1ccc(C#N)cc1)CCCC(C#N)(c1ccccc1)C(C)C. The highest BCUT2D eigenvalue weighted by Gasteiger charge is 2.35. The van der Waals surface area contributed by atoms with Crippen LogP contribution in [0.25, 0.3) is 0 Å². The molecule has 0 aliphatic rings. The molecule has 0 fully saturated rings. The Morgan fingerprint density at radius 1 is 0.838 bits per heavy atom. The van der Waals surface area contributed by atoms with Crippen molar-refractivity contribution >= 4 is 0 Å². The average molecular weight is 500 g/mol. The van der Waals surface area contributed by atoms with Gasteiger partial charge in [0.15, 0.2) is 0 Å². The third-order valence-corrected chi connectivity index (χ3v) is 7.11. The predicted molar refractivity (Wildman–Crippen MR) is 148 cm³/mol. The van der Waals surface area contributed by atoms with Crippen molar-refractivity contribution in [3.63, 3.8) is 0 Å². The molecule has 0 spiro atoms. The molecule has 0 aromatic heterocycles. The fourth-order valence-electron chi connectivity index (χ4n) is 4.74. The van der Waals surface area contributed by atoms with E-state index in [-0.39, 0.29) is 5.92 Å². The van der Waals surface area contributed by atoms with Crippen LogP contribution in [0.1, 0.15) is 57.6 Å². The highest BCUT2D eigenvalue weighted by Crippen LogP contribution is 2.36. The highest BCUT2D eigenvalue weighted by molar-refractivity contribution is 5.34. The van der Waals surface area contributed by atoms with Crippen LogP contribution in [0, 0.1) is 39.9 Å². The quantitative estimate of drug-likeness (QED) is 0.275. The van der Waals surface area contributed by atoms with E-state index in [9.17, 15) is 5.26 Å². The molecule has 0 amide bonds. The van der Waals surface area contributed by atoms with Crippen molar-refractivity contribution in [1.29, 1.82) is 15.8 Å². The summed E-state index contributed by atoms with van der Waals surface area (Å²) in [5, 5.41) is 28.1. The number of nitriles is 3. The first kappa shape index (κ1) is 29.9. The number of hydrogen-bond donors (Lipinski definition) is 0. The van der Waals surface area contributed by atoms with Gasteiger partial charge in [0.25, 0.3) is 0 Å². The van der Waals surface area contributed by atoms with Gasteiger partial charge in [-0.25, -0.2) is 0 Å². The number of rotatable bonds is 17. The summed E-state index contributed by atoms with van der Waals surface area (Å²) in [7, 11) is 0. The van der Waals surface area contributed by atoms with Gasteiger partial charge in [-0.15, -0.1) is 0 Å². The lowest BCUT2D eigenvalue weighted by Gasteiger charge is -2.32. The van der Waals surface area contributed by atoms with Gasteiger partial charge in [0.2, 0.25) is 0 Å². The summed E-state index contributed by atoms with van der Waals surface area (Å²) in [6.45, 7) is 12.4. The van der Waals surface area contributed by atoms with Crippen LogP contribution in [0.15, 0.2) is 54.6 Å². The molecule has 37 heavy (non-hydrogen) atoms. The molecule has 0 saturated heterocycles. The van der Waals surface area contributed by atoms with Crippen LogP contribution in [0.4, 0.5) is 0 Å². The van der Waals surface area contributed by atoms with Crippen LogP contribution >= 0.6 is 0 Å². The second-order valence-corrected chi connectivity index (χ2v) is 9.73. The zero-order valence-electron chi connectivity index (χ0n) is 22.7. The largest absolute Gasteiger partial charge is 0.492 e. The van der Waals surface area contributed by atoms with E-state index in [0.29, 0.717) is 18.6 Å². The average Bonchev–Trinajstić information content (AvgIpc) is 2.93. The van der Waals surface area contributed by atoms with Crippen LogP contribution < -0.4 is 4.74 Å². The van der Waals surface area contributed by atoms with Crippen LogP contribution in [0.5, 0.6) is 5.75 Å². The lowest BCUT2D eigenvalue weighted by Crippen LogP contribution is -2.35. The Hall–Kier alpha value is -3.37. The summed E-state index contributed by atoms with van der Waals surface area (Å²) in [4.78, 5) is 4.75. The van der Waals surface area contributed by atoms with Crippen molar-refractivity contribution < 1.29 is 4.74 Å². The Bertz CT molecular complexity index is 1030. The van der Waals surface area contributed by atoms with Crippen LogP contribution in [-0.4, -0.2) is 55.7 Å². The molecule has 2 aromatic rings. The molecule has 0 bridgehead atoms. The second kappa shape index (κ2) is 16.4. The number of nitrogens with zero attached hydrogens (tertiary/aromatic N) is 5. The molecule has 0 aliphatic heterocycles. The van der Waals surface area contributed by atoms with Crippen molar-refractivity contribution in [2.75, 3.05) is 45.9 Å². The van der Waals surface area contributed by atoms with Crippen molar-refractivity contribution in [3.05, 3.63) is 65.7 Å². The number of benzene rings is 2. The molecular formula is C31H41N5O. The van der Waals surface area contributed by atoms with Gasteiger partial charge in [0, 0.05) is 19.5 Å². The predicted octanol–water partition coefficient (Wildman–Crippen LogP) is 5.76. The topological polar surface area (TPSA) is 87.1 Å². The molecule has 1 unspecified atom stereocenters. The highest BCUT2D eigenvalue weighted by atomic mass is 16.5. The normalized spacial score (nSPS) is 12.6. The number of hydrogen-bond acceptors (Lipinski definition) is 6. The zero-order chi connectivity index (χ0) is 26.9. The van der Waals surface area contributed by atoms with E-state index in [4.69, 9.17) is 15.3 Å². The standard InChI is InChI=1S/C31H41N5O/c1-4-35(19-8-17-31(26-34,27(2)3)29-11-6-5-7-12-29)21-10-22-36(20-9-18-32)23-24-37-30-15-13-28(25-33)14-16-30/h5-7,11-16,27H,4,8-10,17,19-24H2,1-3H3. The lowest BCUT2D eigenvalue weighted by molar-refractivity contribution is 0.194. The summed E-state index contributed by atoms with van der Waals surface area (Å²) >= 11 is 0. The van der Waals surface area contributed by atoms with Gasteiger partial charge in [-0.1, -0.05) is 51.1 Å². The van der Waals surface area contributed by atoms with Crippen molar-refractivity contribution in [1.82, 2.24) is 9.80 Å². The Kier molecular flexibility index (Phi) is 13.2. The van der Waals surface area contributed by atoms with Gasteiger partial charge in [-0.05, 0) is 81.2 Å². The third-order valence-electron chi connectivity index (χ3n) is 7.11. The lowest BCUT2D eigenvalue weighted by atomic mass is 9.70. The zero-order valence-corrected chi connectivity index (χ0v) is 22.7. The Morgan fingerprint density at radius 2 is 1.51 bits per heavy atom. The van der Waals surface area contributed by atoms with Gasteiger partial charge < -0.3 is 9.64 Å². The van der Waals surface area contributed by atoms with E-state index in [0.717, 1.165) is 69.8 Å². The summed E-state index contributed by atoms with van der Waals surface area (Å²) in [6, 6.07) is 24.4. The van der Waals surface area contributed by atoms with Gasteiger partial charge >= 0.3 is 0 Å². The Balaban J connectivity index is 1.81. The molecule has 0 heterocycles. The maximum Gasteiger partial charge on any atom is 0.119 e. The Morgan fingerprint density at radius 3 is 2.11 bits per heavy atom. The molecule has 2 aromatic carbocycles. The molecule has 0 aliphatic carbocycles. The monoisotopic (exact) mass is 499 g/mol. The fourth-order valence-corrected chi connectivity index (χ4v) is 4.74. The first-order chi connectivity index (χ1) is 18.0. The molecule has 6 heteroatoms. The smallest absolute Gasteiger partial charge is 0.119 e. The van der Waals surface area contributed by atoms with Crippen molar-refractivity contribution in [2.45, 2.75) is 51.9 Å². The molecule has 6 nitrogen and oxygen atoms in total. The summed E-state index contributed by atoms with van der Waals surface area (Å²) in [5.41, 5.74) is 1.28. The minimum atomic E-state index is -0.455. The van der Waals surface area contributed by atoms with E-state index in [2.05, 4.69) is 60.9 Å². The third kappa shape index (κ3) is 9.55. The van der Waals surface area contributed by atoms with Crippen LogP contribution in [-0.2, 0) is 5.41 Å². The van der Waals surface area contributed by atoms with E-state index >= 15 is 0 Å². The molecule has 2 rings (SSSR count). The molecule has 0 radical (unpaired) electrons. The van der Waals surface area contributed by atoms with Gasteiger partial charge in [-0.2, -0.15) is 15.8 Å². The van der Waals surface area contributed by atoms with Crippen LogP contribution in [0.3, 0.4) is 0 Å². The van der Waals surface area contributed by atoms with Crippen molar-refractivity contribution in [2.24, 2.45) is 5.92 Å².